The monoisotopic (exact) mass is 288 g/mol. The van der Waals surface area contributed by atoms with Gasteiger partial charge in [0.15, 0.2) is 0 Å². The first-order valence-corrected chi connectivity index (χ1v) is 6.96. The summed E-state index contributed by atoms with van der Waals surface area (Å²) < 4.78 is 5.76. The molecular formula is C16H20N2O3. The molecule has 0 amide bonds. The van der Waals surface area contributed by atoms with E-state index in [0.29, 0.717) is 19.4 Å². The van der Waals surface area contributed by atoms with Crippen LogP contribution in [0.5, 0.6) is 5.75 Å². The molecule has 1 unspecified atom stereocenters. The first-order valence-electron chi connectivity index (χ1n) is 6.96. The molecule has 2 rings (SSSR count). The highest BCUT2D eigenvalue weighted by atomic mass is 16.5. The van der Waals surface area contributed by atoms with Crippen LogP contribution in [0.1, 0.15) is 19.8 Å². The number of rotatable bonds is 7. The number of carboxylic acids is 1. The van der Waals surface area contributed by atoms with Crippen LogP contribution in [0.2, 0.25) is 0 Å². The summed E-state index contributed by atoms with van der Waals surface area (Å²) in [6, 6.07) is 9.66. The summed E-state index contributed by atoms with van der Waals surface area (Å²) in [5, 5.41) is 13.0. The first kappa shape index (κ1) is 15.3. The number of nitrogens with one attached hydrogen (secondary N) is 1. The quantitative estimate of drug-likeness (QED) is 0.766. The fraction of sp³-hybridized carbons (Fsp3) is 0.375. The Hall–Kier alpha value is -2.14. The van der Waals surface area contributed by atoms with Crippen molar-refractivity contribution in [3.63, 3.8) is 0 Å². The molecule has 2 N–H and O–H groups in total. The summed E-state index contributed by atoms with van der Waals surface area (Å²) in [6.45, 7) is 2.13. The molecule has 5 heteroatoms. The highest BCUT2D eigenvalue weighted by Crippen LogP contribution is 2.23. The number of pyridine rings is 1. The number of carboxylic acid groups (broad SMARTS) is 1. The minimum absolute atomic E-state index is 0.459. The van der Waals surface area contributed by atoms with Gasteiger partial charge in [-0.1, -0.05) is 18.2 Å². The smallest absolute Gasteiger partial charge is 0.323 e. The zero-order chi connectivity index (χ0) is 15.3. The maximum Gasteiger partial charge on any atom is 0.323 e. The molecule has 1 aromatic carbocycles. The number of benzene rings is 1. The van der Waals surface area contributed by atoms with Crippen molar-refractivity contribution in [2.45, 2.75) is 25.3 Å². The molecular weight excluding hydrogens is 268 g/mol. The van der Waals surface area contributed by atoms with Gasteiger partial charge in [-0.2, -0.15) is 0 Å². The Balaban J connectivity index is 1.96. The Morgan fingerprint density at radius 2 is 2.14 bits per heavy atom. The summed E-state index contributed by atoms with van der Waals surface area (Å²) in [6.07, 6.45) is 2.88. The van der Waals surface area contributed by atoms with Crippen LogP contribution in [0.4, 0.5) is 0 Å². The number of ether oxygens (including phenoxy) is 1. The Morgan fingerprint density at radius 3 is 2.86 bits per heavy atom. The van der Waals surface area contributed by atoms with Crippen LogP contribution in [0.3, 0.4) is 0 Å². The van der Waals surface area contributed by atoms with Crippen molar-refractivity contribution in [2.24, 2.45) is 0 Å². The van der Waals surface area contributed by atoms with Crippen LogP contribution in [0.25, 0.3) is 10.9 Å². The van der Waals surface area contributed by atoms with E-state index in [4.69, 9.17) is 4.74 Å². The van der Waals surface area contributed by atoms with Gasteiger partial charge >= 0.3 is 5.97 Å². The number of aliphatic carboxylic acids is 1. The largest absolute Gasteiger partial charge is 0.491 e. The third-order valence-electron chi connectivity index (χ3n) is 3.70. The maximum absolute atomic E-state index is 11.2. The lowest BCUT2D eigenvalue weighted by Crippen LogP contribution is -2.47. The van der Waals surface area contributed by atoms with E-state index in [0.717, 1.165) is 16.7 Å². The van der Waals surface area contributed by atoms with E-state index >= 15 is 0 Å². The molecule has 1 atom stereocenters. The van der Waals surface area contributed by atoms with Gasteiger partial charge in [0.25, 0.3) is 0 Å². The van der Waals surface area contributed by atoms with E-state index in [9.17, 15) is 9.90 Å². The van der Waals surface area contributed by atoms with Crippen LogP contribution in [-0.4, -0.2) is 35.3 Å². The molecule has 21 heavy (non-hydrogen) atoms. The second kappa shape index (κ2) is 6.54. The Kier molecular flexibility index (Phi) is 4.75. The van der Waals surface area contributed by atoms with Crippen molar-refractivity contribution in [2.75, 3.05) is 13.7 Å². The summed E-state index contributed by atoms with van der Waals surface area (Å²) in [7, 11) is 1.66. The lowest BCUT2D eigenvalue weighted by Gasteiger charge is -2.23. The van der Waals surface area contributed by atoms with Crippen molar-refractivity contribution >= 4 is 16.9 Å². The summed E-state index contributed by atoms with van der Waals surface area (Å²) in [4.78, 5) is 15.5. The normalized spacial score (nSPS) is 13.8. The number of likely N-dealkylation sites (N-methyl/N-ethyl adjacent to an activating group) is 1. The van der Waals surface area contributed by atoms with Gasteiger partial charge in [-0.15, -0.1) is 0 Å². The standard InChI is InChI=1S/C16H20N2O3/c1-16(17-2,15(19)20)9-5-11-21-13-8-3-6-12-7-4-10-18-14(12)13/h3-4,6-8,10,17H,5,9,11H2,1-2H3,(H,19,20). The predicted octanol–water partition coefficient (Wildman–Crippen LogP) is 2.46. The van der Waals surface area contributed by atoms with E-state index in [-0.39, 0.29) is 0 Å². The number of fused-ring (bicyclic) bond motifs is 1. The van der Waals surface area contributed by atoms with Crippen molar-refractivity contribution in [1.29, 1.82) is 0 Å². The molecule has 1 aromatic heterocycles. The van der Waals surface area contributed by atoms with E-state index < -0.39 is 11.5 Å². The van der Waals surface area contributed by atoms with Crippen molar-refractivity contribution in [1.82, 2.24) is 10.3 Å². The van der Waals surface area contributed by atoms with Crippen LogP contribution in [0, 0.1) is 0 Å². The van der Waals surface area contributed by atoms with E-state index in [2.05, 4.69) is 10.3 Å². The van der Waals surface area contributed by atoms with Crippen LogP contribution in [0.15, 0.2) is 36.5 Å². The summed E-state index contributed by atoms with van der Waals surface area (Å²) in [5.74, 6) is -0.119. The lowest BCUT2D eigenvalue weighted by molar-refractivity contribution is -0.144. The van der Waals surface area contributed by atoms with Gasteiger partial charge in [0.05, 0.1) is 6.61 Å². The Bertz CT molecular complexity index is 624. The van der Waals surface area contributed by atoms with Gasteiger partial charge in [-0.05, 0) is 38.9 Å². The molecule has 5 nitrogen and oxygen atoms in total. The molecule has 0 bridgehead atoms. The molecule has 2 aromatic rings. The highest BCUT2D eigenvalue weighted by molar-refractivity contribution is 5.84. The average molecular weight is 288 g/mol. The third kappa shape index (κ3) is 3.49. The lowest BCUT2D eigenvalue weighted by atomic mass is 9.96. The zero-order valence-electron chi connectivity index (χ0n) is 12.3. The number of carbonyl (C=O) groups is 1. The van der Waals surface area contributed by atoms with Crippen LogP contribution < -0.4 is 10.1 Å². The van der Waals surface area contributed by atoms with E-state index in [1.807, 2.05) is 30.3 Å². The second-order valence-electron chi connectivity index (χ2n) is 5.17. The number of hydrogen-bond donors (Lipinski definition) is 2. The summed E-state index contributed by atoms with van der Waals surface area (Å²) >= 11 is 0. The van der Waals surface area contributed by atoms with Crippen molar-refractivity contribution < 1.29 is 14.6 Å². The Labute approximate surface area is 124 Å². The van der Waals surface area contributed by atoms with Gasteiger partial charge in [0, 0.05) is 11.6 Å². The minimum Gasteiger partial charge on any atom is -0.491 e. The highest BCUT2D eigenvalue weighted by Gasteiger charge is 2.30. The maximum atomic E-state index is 11.2. The fourth-order valence-corrected chi connectivity index (χ4v) is 2.14. The molecule has 0 saturated carbocycles. The zero-order valence-corrected chi connectivity index (χ0v) is 12.3. The molecule has 0 saturated heterocycles. The molecule has 0 radical (unpaired) electrons. The third-order valence-corrected chi connectivity index (χ3v) is 3.70. The molecule has 0 aliphatic heterocycles. The molecule has 112 valence electrons. The van der Waals surface area contributed by atoms with Gasteiger partial charge in [-0.3, -0.25) is 9.78 Å². The number of aromatic nitrogens is 1. The number of nitrogens with zero attached hydrogens (tertiary/aromatic N) is 1. The van der Waals surface area contributed by atoms with Crippen molar-refractivity contribution in [3.05, 3.63) is 36.5 Å². The predicted molar refractivity (Wildman–Crippen MR) is 81.6 cm³/mol. The number of para-hydroxylation sites is 1. The van der Waals surface area contributed by atoms with Gasteiger partial charge in [0.2, 0.25) is 0 Å². The van der Waals surface area contributed by atoms with Gasteiger partial charge in [-0.25, -0.2) is 0 Å². The summed E-state index contributed by atoms with van der Waals surface area (Å²) in [5.41, 5.74) is -0.0880. The topological polar surface area (TPSA) is 71.5 Å². The van der Waals surface area contributed by atoms with Crippen molar-refractivity contribution in [3.8, 4) is 5.75 Å². The van der Waals surface area contributed by atoms with Crippen LogP contribution in [-0.2, 0) is 4.79 Å². The fourth-order valence-electron chi connectivity index (χ4n) is 2.14. The van der Waals surface area contributed by atoms with Gasteiger partial charge in [0.1, 0.15) is 16.8 Å². The van der Waals surface area contributed by atoms with E-state index in [1.54, 1.807) is 20.2 Å². The molecule has 0 aliphatic carbocycles. The van der Waals surface area contributed by atoms with Gasteiger partial charge < -0.3 is 15.2 Å². The van der Waals surface area contributed by atoms with Crippen LogP contribution >= 0.6 is 0 Å². The minimum atomic E-state index is -0.916. The molecule has 0 fully saturated rings. The molecule has 0 spiro atoms. The molecule has 1 heterocycles. The number of hydrogen-bond acceptors (Lipinski definition) is 4. The Morgan fingerprint density at radius 1 is 1.38 bits per heavy atom. The second-order valence-corrected chi connectivity index (χ2v) is 5.17. The van der Waals surface area contributed by atoms with E-state index in [1.165, 1.54) is 0 Å². The SMILES string of the molecule is CNC(C)(CCCOc1cccc2cccnc12)C(=O)O. The average Bonchev–Trinajstić information content (AvgIpc) is 2.51. The first-order chi connectivity index (χ1) is 10.1. The molecule has 0 aliphatic rings.